The number of nitrogens with one attached hydrogen (secondary N) is 1. The molecule has 2 heterocycles. The smallest absolute Gasteiger partial charge is 0.223 e. The molecule has 1 aromatic heterocycles. The van der Waals surface area contributed by atoms with E-state index >= 15 is 0 Å². The van der Waals surface area contributed by atoms with Gasteiger partial charge in [-0.3, -0.25) is 4.79 Å². The Labute approximate surface area is 197 Å². The fourth-order valence-electron chi connectivity index (χ4n) is 5.51. The standard InChI is InChI=1S/C28H36N4O/c1-20-11-13-22(14-12-20)19-32-26-10-6-5-9-25(26)30-28(32)31-17-15-23(16-18-31)27(33)29-24-8-4-3-7-21(24)2/h5-6,9-14,21,23-24H,3-4,7-8,15-19H2,1-2H3,(H,29,33)/t21-,24+/m0/s1. The Hall–Kier alpha value is -2.82. The number of aromatic nitrogens is 2. The first-order valence-electron chi connectivity index (χ1n) is 12.6. The minimum Gasteiger partial charge on any atom is -0.353 e. The van der Waals surface area contributed by atoms with Crippen LogP contribution in [-0.2, 0) is 11.3 Å². The number of aryl methyl sites for hydroxylation is 1. The molecule has 1 amide bonds. The molecule has 33 heavy (non-hydrogen) atoms. The van der Waals surface area contributed by atoms with E-state index in [4.69, 9.17) is 4.98 Å². The highest BCUT2D eigenvalue weighted by atomic mass is 16.2. The number of hydrogen-bond acceptors (Lipinski definition) is 3. The van der Waals surface area contributed by atoms with Gasteiger partial charge in [0.15, 0.2) is 0 Å². The summed E-state index contributed by atoms with van der Waals surface area (Å²) in [5, 5.41) is 3.38. The quantitative estimate of drug-likeness (QED) is 0.581. The molecular formula is C28H36N4O. The maximum absolute atomic E-state index is 13.0. The van der Waals surface area contributed by atoms with Crippen molar-refractivity contribution in [3.63, 3.8) is 0 Å². The highest BCUT2D eigenvalue weighted by molar-refractivity contribution is 5.80. The van der Waals surface area contributed by atoms with Crippen molar-refractivity contribution in [1.82, 2.24) is 14.9 Å². The van der Waals surface area contributed by atoms with E-state index in [1.807, 2.05) is 0 Å². The maximum atomic E-state index is 13.0. The van der Waals surface area contributed by atoms with E-state index in [0.29, 0.717) is 12.0 Å². The Morgan fingerprint density at radius 1 is 1.00 bits per heavy atom. The molecule has 1 saturated heterocycles. The van der Waals surface area contributed by atoms with Crippen LogP contribution in [0.1, 0.15) is 56.6 Å². The first-order chi connectivity index (χ1) is 16.1. The summed E-state index contributed by atoms with van der Waals surface area (Å²) >= 11 is 0. The van der Waals surface area contributed by atoms with Crippen molar-refractivity contribution in [2.45, 2.75) is 65.0 Å². The van der Waals surface area contributed by atoms with E-state index in [0.717, 1.165) is 50.4 Å². The lowest BCUT2D eigenvalue weighted by atomic mass is 9.85. The second kappa shape index (κ2) is 9.58. The van der Waals surface area contributed by atoms with Crippen molar-refractivity contribution in [2.75, 3.05) is 18.0 Å². The van der Waals surface area contributed by atoms with Gasteiger partial charge in [0.05, 0.1) is 17.6 Å². The van der Waals surface area contributed by atoms with Crippen molar-refractivity contribution in [2.24, 2.45) is 11.8 Å². The molecular weight excluding hydrogens is 408 g/mol. The summed E-state index contributed by atoms with van der Waals surface area (Å²) in [7, 11) is 0. The highest BCUT2D eigenvalue weighted by Crippen LogP contribution is 2.29. The maximum Gasteiger partial charge on any atom is 0.223 e. The number of para-hydroxylation sites is 2. The zero-order chi connectivity index (χ0) is 22.8. The molecule has 0 unspecified atom stereocenters. The number of hydrogen-bond donors (Lipinski definition) is 1. The topological polar surface area (TPSA) is 50.2 Å². The van der Waals surface area contributed by atoms with Gasteiger partial charge in [0.2, 0.25) is 11.9 Å². The average Bonchev–Trinajstić information content (AvgIpc) is 3.20. The molecule has 174 valence electrons. The minimum absolute atomic E-state index is 0.116. The third-order valence-electron chi connectivity index (χ3n) is 7.68. The van der Waals surface area contributed by atoms with Gasteiger partial charge in [-0.05, 0) is 56.2 Å². The number of rotatable bonds is 5. The Kier molecular flexibility index (Phi) is 6.39. The SMILES string of the molecule is Cc1ccc(Cn2c(N3CCC(C(=O)N[C@@H]4CCCC[C@@H]4C)CC3)nc3ccccc32)cc1. The summed E-state index contributed by atoms with van der Waals surface area (Å²) in [6.45, 7) is 6.95. The van der Waals surface area contributed by atoms with Crippen LogP contribution >= 0.6 is 0 Å². The first-order valence-corrected chi connectivity index (χ1v) is 12.6. The van der Waals surface area contributed by atoms with Gasteiger partial charge in [-0.1, -0.05) is 61.7 Å². The molecule has 0 spiro atoms. The number of nitrogens with zero attached hydrogens (tertiary/aromatic N) is 3. The lowest BCUT2D eigenvalue weighted by molar-refractivity contribution is -0.126. The summed E-state index contributed by atoms with van der Waals surface area (Å²) < 4.78 is 2.34. The summed E-state index contributed by atoms with van der Waals surface area (Å²) in [6.07, 6.45) is 6.69. The van der Waals surface area contributed by atoms with Gasteiger partial charge in [-0.25, -0.2) is 4.98 Å². The number of carbonyl (C=O) groups excluding carboxylic acids is 1. The van der Waals surface area contributed by atoms with Crippen molar-refractivity contribution < 1.29 is 4.79 Å². The number of fused-ring (bicyclic) bond motifs is 1. The van der Waals surface area contributed by atoms with Crippen LogP contribution in [0.25, 0.3) is 11.0 Å². The predicted octanol–water partition coefficient (Wildman–Crippen LogP) is 5.30. The molecule has 3 aromatic rings. The molecule has 1 aliphatic heterocycles. The first kappa shape index (κ1) is 22.0. The van der Waals surface area contributed by atoms with E-state index in [1.54, 1.807) is 0 Å². The van der Waals surface area contributed by atoms with Crippen LogP contribution in [-0.4, -0.2) is 34.6 Å². The zero-order valence-corrected chi connectivity index (χ0v) is 20.0. The molecule has 0 radical (unpaired) electrons. The van der Waals surface area contributed by atoms with Crippen LogP contribution in [0.3, 0.4) is 0 Å². The van der Waals surface area contributed by atoms with Crippen molar-refractivity contribution in [1.29, 1.82) is 0 Å². The van der Waals surface area contributed by atoms with Gasteiger partial charge in [0.1, 0.15) is 0 Å². The molecule has 5 heteroatoms. The number of benzene rings is 2. The molecule has 5 rings (SSSR count). The Morgan fingerprint density at radius 2 is 1.73 bits per heavy atom. The van der Waals surface area contributed by atoms with E-state index in [9.17, 15) is 4.79 Å². The monoisotopic (exact) mass is 444 g/mol. The van der Waals surface area contributed by atoms with Gasteiger partial charge in [0.25, 0.3) is 0 Å². The molecule has 2 fully saturated rings. The minimum atomic E-state index is 0.116. The molecule has 0 bridgehead atoms. The summed E-state index contributed by atoms with van der Waals surface area (Å²) in [4.78, 5) is 20.4. The molecule has 1 aliphatic carbocycles. The fourth-order valence-corrected chi connectivity index (χ4v) is 5.51. The third kappa shape index (κ3) is 4.78. The van der Waals surface area contributed by atoms with E-state index < -0.39 is 0 Å². The molecule has 1 saturated carbocycles. The highest BCUT2D eigenvalue weighted by Gasteiger charge is 2.30. The third-order valence-corrected chi connectivity index (χ3v) is 7.68. The molecule has 2 atom stereocenters. The predicted molar refractivity (Wildman–Crippen MR) is 135 cm³/mol. The fraction of sp³-hybridized carbons (Fsp3) is 0.500. The van der Waals surface area contributed by atoms with Gasteiger partial charge >= 0.3 is 0 Å². The van der Waals surface area contributed by atoms with Crippen molar-refractivity contribution in [3.8, 4) is 0 Å². The molecule has 1 N–H and O–H groups in total. The normalized spacial score (nSPS) is 21.9. The Bertz CT molecular complexity index is 1090. The van der Waals surface area contributed by atoms with Crippen LogP contribution in [0.2, 0.25) is 0 Å². The number of amides is 1. The van der Waals surface area contributed by atoms with Crippen LogP contribution in [0, 0.1) is 18.8 Å². The largest absolute Gasteiger partial charge is 0.353 e. The van der Waals surface area contributed by atoms with Crippen molar-refractivity contribution >= 4 is 22.9 Å². The second-order valence-electron chi connectivity index (χ2n) is 10.1. The van der Waals surface area contributed by atoms with Crippen LogP contribution in [0.5, 0.6) is 0 Å². The number of carbonyl (C=O) groups is 1. The summed E-state index contributed by atoms with van der Waals surface area (Å²) in [6, 6.07) is 17.5. The van der Waals surface area contributed by atoms with E-state index in [1.165, 1.54) is 35.9 Å². The van der Waals surface area contributed by atoms with Crippen LogP contribution in [0.4, 0.5) is 5.95 Å². The van der Waals surface area contributed by atoms with E-state index in [2.05, 4.69) is 77.2 Å². The van der Waals surface area contributed by atoms with Crippen molar-refractivity contribution in [3.05, 3.63) is 59.7 Å². The van der Waals surface area contributed by atoms with Gasteiger partial charge in [-0.2, -0.15) is 0 Å². The van der Waals surface area contributed by atoms with Gasteiger partial charge < -0.3 is 14.8 Å². The summed E-state index contributed by atoms with van der Waals surface area (Å²) in [5.74, 6) is 2.01. The lowest BCUT2D eigenvalue weighted by Gasteiger charge is -2.35. The number of anilines is 1. The Morgan fingerprint density at radius 3 is 2.48 bits per heavy atom. The number of piperidine rings is 1. The molecule has 5 nitrogen and oxygen atoms in total. The van der Waals surface area contributed by atoms with Gasteiger partial charge in [-0.15, -0.1) is 0 Å². The number of imidazole rings is 1. The molecule has 2 aromatic carbocycles. The average molecular weight is 445 g/mol. The molecule has 2 aliphatic rings. The van der Waals surface area contributed by atoms with Crippen LogP contribution < -0.4 is 10.2 Å². The lowest BCUT2D eigenvalue weighted by Crippen LogP contribution is -2.47. The Balaban J connectivity index is 1.30. The van der Waals surface area contributed by atoms with Crippen LogP contribution in [0.15, 0.2) is 48.5 Å². The van der Waals surface area contributed by atoms with E-state index in [-0.39, 0.29) is 11.8 Å². The van der Waals surface area contributed by atoms with Gasteiger partial charge in [0, 0.05) is 25.0 Å². The summed E-state index contributed by atoms with van der Waals surface area (Å²) in [5.41, 5.74) is 4.75. The zero-order valence-electron chi connectivity index (χ0n) is 20.0. The second-order valence-corrected chi connectivity index (χ2v) is 10.1.